The number of nitrogens with one attached hydrogen (secondary N) is 4. The highest BCUT2D eigenvalue weighted by atomic mass is 35.5. The zero-order valence-corrected chi connectivity index (χ0v) is 48.4. The molecule has 6 heterocycles. The van der Waals surface area contributed by atoms with Gasteiger partial charge in [-0.2, -0.15) is 8.78 Å². The fourth-order valence-corrected chi connectivity index (χ4v) is 13.5. The zero-order valence-electron chi connectivity index (χ0n) is 45.1. The van der Waals surface area contributed by atoms with Gasteiger partial charge in [-0.05, 0) is 137 Å². The molecule has 5 aliphatic rings. The van der Waals surface area contributed by atoms with E-state index in [0.717, 1.165) is 35.5 Å². The fourth-order valence-electron chi connectivity index (χ4n) is 11.8. The Bertz CT molecular complexity index is 3410. The topological polar surface area (TPSA) is 307 Å². The summed E-state index contributed by atoms with van der Waals surface area (Å²) in [6, 6.07) is 6.89. The minimum Gasteiger partial charge on any atom is -0.428 e. The summed E-state index contributed by atoms with van der Waals surface area (Å²) in [4.78, 5) is 145. The maximum atomic E-state index is 14.6. The normalized spacial score (nSPS) is 22.3. The van der Waals surface area contributed by atoms with E-state index < -0.39 is 97.1 Å². The third kappa shape index (κ3) is 13.4. The lowest BCUT2D eigenvalue weighted by Crippen LogP contribution is -2.63. The number of thiophene rings is 1. The minimum atomic E-state index is -5.88. The molecule has 4 fully saturated rings. The Morgan fingerprint density at radius 3 is 2.39 bits per heavy atom. The van der Waals surface area contributed by atoms with Gasteiger partial charge in [0, 0.05) is 53.4 Å². The van der Waals surface area contributed by atoms with Gasteiger partial charge in [0.1, 0.15) is 36.7 Å². The number of carbonyl (C=O) groups is 9. The van der Waals surface area contributed by atoms with E-state index in [1.54, 1.807) is 37.4 Å². The molecule has 5 aliphatic heterocycles. The summed E-state index contributed by atoms with van der Waals surface area (Å²) in [6.45, 7) is 1.57. The molecule has 0 spiro atoms. The molecule has 3 unspecified atom stereocenters. The molecule has 4 saturated heterocycles. The Labute approximate surface area is 494 Å². The molecule has 0 saturated carbocycles. The number of hydrogen-bond acceptors (Lipinski definition) is 15. The molecule has 28 heteroatoms. The molecule has 84 heavy (non-hydrogen) atoms. The first-order valence-electron chi connectivity index (χ1n) is 27.1. The molecule has 7 amide bonds. The first-order valence-corrected chi connectivity index (χ1v) is 30.3. The number of fused-ring (bicyclic) bond motifs is 3. The van der Waals surface area contributed by atoms with Crippen LogP contribution in [-0.4, -0.2) is 159 Å². The molecule has 3 aromatic carbocycles. The number of amides is 7. The maximum absolute atomic E-state index is 14.6. The molecule has 4 aromatic rings. The molecule has 446 valence electrons. The van der Waals surface area contributed by atoms with Gasteiger partial charge in [0.05, 0.1) is 27.0 Å². The van der Waals surface area contributed by atoms with E-state index in [0.29, 0.717) is 85.7 Å². The molecule has 0 bridgehead atoms. The van der Waals surface area contributed by atoms with Crippen molar-refractivity contribution in [2.24, 2.45) is 11.7 Å². The monoisotopic (exact) mass is 1240 g/mol. The summed E-state index contributed by atoms with van der Waals surface area (Å²) >= 11 is 13.8. The highest BCUT2D eigenvalue weighted by molar-refractivity contribution is 7.52. The van der Waals surface area contributed by atoms with Crippen LogP contribution in [0.1, 0.15) is 106 Å². The van der Waals surface area contributed by atoms with E-state index in [4.69, 9.17) is 33.7 Å². The van der Waals surface area contributed by atoms with E-state index in [1.807, 2.05) is 15.9 Å². The standard InChI is InChI=1S/C56H60Cl2F2N9O13PS/c1-66-20-19-35-11-13-44(69(35)54(77)40(27-66)62-51(75)46-25-33-23-34(10-15-45(33)84-46)56(59,60)83(79,80)81)50(74)63-42(29-71)52(82-55(61)78)64-41(28-70)48(32-9-12-38(57)39(58)24-32)67-21-17-30(18-22-67)5-2-3-6-31-7-4-8-36-37(31)26-68(53(36)76)43-14-16-47(72)65-49(43)73/h4,7-10,12,15,23-25,28-30,35,40-44,48,52,64H,2,5,11,13-14,16-22,26-27H2,1H3,(H2,61,78)(H,62,75)(H,63,74)(H,65,72,73)(H2,79,80,81)/t35-,40+,41-,42-,43?,44+,48?,52?/m1/s1. The van der Waals surface area contributed by atoms with Gasteiger partial charge in [-0.15, -0.1) is 11.3 Å². The van der Waals surface area contributed by atoms with Gasteiger partial charge in [-0.25, -0.2) is 4.79 Å². The second-order valence-electron chi connectivity index (χ2n) is 21.5. The van der Waals surface area contributed by atoms with E-state index in [2.05, 4.69) is 33.1 Å². The smallest absolute Gasteiger partial charge is 0.406 e. The molecule has 0 radical (unpaired) electrons. The number of halogens is 4. The third-order valence-corrected chi connectivity index (χ3v) is 19.0. The van der Waals surface area contributed by atoms with Gasteiger partial charge in [0.2, 0.25) is 23.6 Å². The summed E-state index contributed by atoms with van der Waals surface area (Å²) < 4.78 is 46.5. The van der Waals surface area contributed by atoms with Gasteiger partial charge in [-0.1, -0.05) is 53.2 Å². The van der Waals surface area contributed by atoms with Crippen molar-refractivity contribution in [3.8, 4) is 11.8 Å². The zero-order chi connectivity index (χ0) is 60.4. The average molecular weight is 1240 g/mol. The summed E-state index contributed by atoms with van der Waals surface area (Å²) in [5, 5.41) is 11.1. The number of aldehydes is 2. The number of hydrogen-bond donors (Lipinski definition) is 7. The molecule has 22 nitrogen and oxygen atoms in total. The fraction of sp³-hybridized carbons (Fsp3) is 0.446. The SMILES string of the molecule is CN1CC[C@H]2CC[C@@H](C(=O)N[C@H](C=O)C(N[C@H](C=O)C(c3ccc(Cl)c(Cl)c3)N3CCC(CCC#Cc4cccc5c4CN(C4CCC(=O)NC4=O)C5=O)CC3)OC(N)=O)N2C(=O)[C@@H](NC(=O)c2cc3cc(C(F)(F)P(=O)(O)O)ccc3s2)C1. The Morgan fingerprint density at radius 1 is 0.952 bits per heavy atom. The number of alkyl halides is 2. The molecule has 0 aliphatic carbocycles. The van der Waals surface area contributed by atoms with Crippen molar-refractivity contribution in [2.75, 3.05) is 33.2 Å². The number of carbonyl (C=O) groups excluding carboxylic acids is 9. The first kappa shape index (κ1) is 61.8. The largest absolute Gasteiger partial charge is 0.428 e. The van der Waals surface area contributed by atoms with Crippen molar-refractivity contribution in [1.82, 2.24) is 40.9 Å². The molecular weight excluding hydrogens is 1180 g/mol. The molecule has 1 aromatic heterocycles. The minimum absolute atomic E-state index is 0.00118. The number of nitrogens with zero attached hydrogens (tertiary/aromatic N) is 4. The van der Waals surface area contributed by atoms with Crippen molar-refractivity contribution in [3.05, 3.63) is 103 Å². The number of nitrogens with two attached hydrogens (primary N) is 1. The van der Waals surface area contributed by atoms with Crippen molar-refractivity contribution in [3.63, 3.8) is 0 Å². The van der Waals surface area contributed by atoms with E-state index in [9.17, 15) is 66.3 Å². The average Bonchev–Trinajstić information content (AvgIpc) is 4.37. The lowest BCUT2D eigenvalue weighted by Gasteiger charge is -2.41. The molecular formula is C56H60Cl2F2N9O13PS. The van der Waals surface area contributed by atoms with Gasteiger partial charge in [0.15, 0.2) is 6.23 Å². The number of imide groups is 1. The van der Waals surface area contributed by atoms with Crippen LogP contribution in [0.3, 0.4) is 0 Å². The van der Waals surface area contributed by atoms with Crippen LogP contribution in [0.4, 0.5) is 13.6 Å². The predicted molar refractivity (Wildman–Crippen MR) is 302 cm³/mol. The highest BCUT2D eigenvalue weighted by Crippen LogP contribution is 2.59. The quantitative estimate of drug-likeness (QED) is 0.0237. The van der Waals surface area contributed by atoms with Gasteiger partial charge in [-0.3, -0.25) is 48.9 Å². The number of rotatable bonds is 18. The Balaban J connectivity index is 0.863. The Hall–Kier alpha value is -6.72. The van der Waals surface area contributed by atoms with Crippen molar-refractivity contribution in [2.45, 2.75) is 119 Å². The maximum Gasteiger partial charge on any atom is 0.406 e. The number of primary amides is 1. The van der Waals surface area contributed by atoms with Crippen molar-refractivity contribution in [1.29, 1.82) is 0 Å². The molecule has 8 atom stereocenters. The van der Waals surface area contributed by atoms with E-state index in [1.165, 1.54) is 21.9 Å². The van der Waals surface area contributed by atoms with Crippen molar-refractivity contribution >= 4 is 106 Å². The predicted octanol–water partition coefficient (Wildman–Crippen LogP) is 4.54. The first-order chi connectivity index (χ1) is 40.0. The van der Waals surface area contributed by atoms with Crippen molar-refractivity contribution < 1.29 is 71.0 Å². The number of likely N-dealkylation sites (N-methyl/N-ethyl adjacent to an activating group) is 1. The number of ether oxygens (including phenoxy) is 1. The second kappa shape index (κ2) is 25.9. The van der Waals surface area contributed by atoms with Crippen LogP contribution in [0.15, 0.2) is 60.7 Å². The number of likely N-dealkylation sites (tertiary alicyclic amines) is 1. The molecule has 8 N–H and O–H groups in total. The summed E-state index contributed by atoms with van der Waals surface area (Å²) in [7, 11) is -4.14. The molecule has 9 rings (SSSR count). The van der Waals surface area contributed by atoms with Crippen LogP contribution < -0.4 is 27.0 Å². The number of piperidine rings is 2. The third-order valence-electron chi connectivity index (χ3n) is 16.1. The van der Waals surface area contributed by atoms with Crippen LogP contribution in [0.5, 0.6) is 0 Å². The van der Waals surface area contributed by atoms with Gasteiger partial charge < -0.3 is 55.2 Å². The van der Waals surface area contributed by atoms with E-state index >= 15 is 0 Å². The van der Waals surface area contributed by atoms with Crippen LogP contribution in [-0.2, 0) is 50.3 Å². The highest BCUT2D eigenvalue weighted by Gasteiger charge is 2.51. The van der Waals surface area contributed by atoms with Crippen LogP contribution in [0.25, 0.3) is 10.1 Å². The second-order valence-corrected chi connectivity index (χ2v) is 25.1. The van der Waals surface area contributed by atoms with Gasteiger partial charge >= 0.3 is 19.4 Å². The summed E-state index contributed by atoms with van der Waals surface area (Å²) in [6.07, 6.45) is 1.68. The lowest BCUT2D eigenvalue weighted by atomic mass is 9.89. The Morgan fingerprint density at radius 2 is 1.70 bits per heavy atom. The lowest BCUT2D eigenvalue weighted by molar-refractivity contribution is -0.144. The van der Waals surface area contributed by atoms with Gasteiger partial charge in [0.25, 0.3) is 11.8 Å². The van der Waals surface area contributed by atoms with Crippen LogP contribution in [0.2, 0.25) is 10.0 Å². The Kier molecular flexibility index (Phi) is 19.0. The number of benzene rings is 3. The summed E-state index contributed by atoms with van der Waals surface area (Å²) in [5.41, 5.74) is 2.51. The van der Waals surface area contributed by atoms with E-state index in [-0.39, 0.29) is 70.4 Å². The van der Waals surface area contributed by atoms with Crippen LogP contribution in [0, 0.1) is 17.8 Å². The summed E-state index contributed by atoms with van der Waals surface area (Å²) in [5.74, 6) is 3.33. The van der Waals surface area contributed by atoms with Crippen LogP contribution >= 0.6 is 42.1 Å².